The zero-order valence-electron chi connectivity index (χ0n) is 7.21. The van der Waals surface area contributed by atoms with Crippen LogP contribution in [0.4, 0.5) is 0 Å². The fourth-order valence-corrected chi connectivity index (χ4v) is 1.14. The molecule has 0 bridgehead atoms. The molecule has 66 valence electrons. The molecule has 2 N–H and O–H groups in total. The molecule has 0 aromatic carbocycles. The first-order valence-corrected chi connectivity index (χ1v) is 4.32. The van der Waals surface area contributed by atoms with Gasteiger partial charge in [0.15, 0.2) is 5.82 Å². The minimum atomic E-state index is -0.0302. The van der Waals surface area contributed by atoms with Crippen molar-refractivity contribution in [3.63, 3.8) is 0 Å². The second kappa shape index (κ2) is 2.55. The lowest BCUT2D eigenvalue weighted by Gasteiger charge is -2.01. The van der Waals surface area contributed by atoms with Gasteiger partial charge >= 0.3 is 0 Å². The fourth-order valence-electron chi connectivity index (χ4n) is 1.14. The van der Waals surface area contributed by atoms with E-state index in [0.717, 1.165) is 31.5 Å². The summed E-state index contributed by atoms with van der Waals surface area (Å²) in [6.45, 7) is 2.00. The molecule has 12 heavy (non-hydrogen) atoms. The molecule has 0 amide bonds. The Hall–Kier alpha value is -0.900. The number of aromatic nitrogens is 2. The number of aryl methyl sites for hydroxylation is 1. The van der Waals surface area contributed by atoms with Crippen molar-refractivity contribution < 1.29 is 4.52 Å². The van der Waals surface area contributed by atoms with Gasteiger partial charge in [0.05, 0.1) is 0 Å². The minimum absolute atomic E-state index is 0.0302. The molecule has 0 atom stereocenters. The van der Waals surface area contributed by atoms with Gasteiger partial charge in [-0.05, 0) is 12.8 Å². The summed E-state index contributed by atoms with van der Waals surface area (Å²) in [4.78, 5) is 4.20. The van der Waals surface area contributed by atoms with Crippen molar-refractivity contribution in [2.24, 2.45) is 5.73 Å². The van der Waals surface area contributed by atoms with Gasteiger partial charge in [-0.3, -0.25) is 0 Å². The number of nitrogens with two attached hydrogens (primary N) is 1. The molecule has 1 aromatic heterocycles. The van der Waals surface area contributed by atoms with Crippen LogP contribution in [-0.2, 0) is 12.8 Å². The van der Waals surface area contributed by atoms with Crippen molar-refractivity contribution in [3.05, 3.63) is 11.7 Å². The van der Waals surface area contributed by atoms with Crippen LogP contribution in [0.25, 0.3) is 0 Å². The summed E-state index contributed by atoms with van der Waals surface area (Å²) in [5.41, 5.74) is 5.87. The van der Waals surface area contributed by atoms with Gasteiger partial charge in [0, 0.05) is 18.4 Å². The van der Waals surface area contributed by atoms with Gasteiger partial charge in [0.25, 0.3) is 0 Å². The van der Waals surface area contributed by atoms with Gasteiger partial charge in [-0.15, -0.1) is 0 Å². The molecular weight excluding hydrogens is 154 g/mol. The highest BCUT2D eigenvalue weighted by Gasteiger charge is 2.39. The van der Waals surface area contributed by atoms with Crippen molar-refractivity contribution >= 4 is 0 Å². The highest BCUT2D eigenvalue weighted by molar-refractivity contribution is 5.05. The number of hydrogen-bond donors (Lipinski definition) is 1. The third-order valence-electron chi connectivity index (χ3n) is 2.22. The summed E-state index contributed by atoms with van der Waals surface area (Å²) in [6, 6.07) is 0. The maximum atomic E-state index is 5.90. The van der Waals surface area contributed by atoms with E-state index >= 15 is 0 Å². The van der Waals surface area contributed by atoms with Crippen LogP contribution in [0.15, 0.2) is 4.52 Å². The van der Waals surface area contributed by atoms with Crippen LogP contribution in [0.2, 0.25) is 0 Å². The summed E-state index contributed by atoms with van der Waals surface area (Å²) in [5.74, 6) is 1.46. The Morgan fingerprint density at radius 1 is 1.58 bits per heavy atom. The largest absolute Gasteiger partial charge is 0.339 e. The van der Waals surface area contributed by atoms with Gasteiger partial charge in [-0.25, -0.2) is 0 Å². The highest BCUT2D eigenvalue weighted by Crippen LogP contribution is 2.35. The summed E-state index contributed by atoms with van der Waals surface area (Å²) >= 11 is 0. The van der Waals surface area contributed by atoms with E-state index < -0.39 is 0 Å². The van der Waals surface area contributed by atoms with E-state index in [2.05, 4.69) is 10.1 Å². The molecule has 0 unspecified atom stereocenters. The second-order valence-corrected chi connectivity index (χ2v) is 3.50. The van der Waals surface area contributed by atoms with E-state index in [1.165, 1.54) is 0 Å². The predicted octanol–water partition coefficient (Wildman–Crippen LogP) is 0.666. The monoisotopic (exact) mass is 167 g/mol. The summed E-state index contributed by atoms with van der Waals surface area (Å²) in [7, 11) is 0. The van der Waals surface area contributed by atoms with Crippen molar-refractivity contribution in [1.29, 1.82) is 0 Å². The van der Waals surface area contributed by atoms with E-state index in [9.17, 15) is 0 Å². The fraction of sp³-hybridized carbons (Fsp3) is 0.750. The van der Waals surface area contributed by atoms with Crippen molar-refractivity contribution in [3.8, 4) is 0 Å². The highest BCUT2D eigenvalue weighted by atomic mass is 16.5. The van der Waals surface area contributed by atoms with Gasteiger partial charge in [0.2, 0.25) is 5.89 Å². The van der Waals surface area contributed by atoms with E-state index in [0.29, 0.717) is 5.89 Å². The molecule has 1 aromatic rings. The number of nitrogens with zero attached hydrogens (tertiary/aromatic N) is 2. The Balaban J connectivity index is 2.03. The molecule has 4 heteroatoms. The Morgan fingerprint density at radius 3 is 2.83 bits per heavy atom. The quantitative estimate of drug-likeness (QED) is 0.718. The topological polar surface area (TPSA) is 64.9 Å². The van der Waals surface area contributed by atoms with Crippen LogP contribution in [0.3, 0.4) is 0 Å². The van der Waals surface area contributed by atoms with Gasteiger partial charge < -0.3 is 10.3 Å². The lowest BCUT2D eigenvalue weighted by Crippen LogP contribution is -2.24. The van der Waals surface area contributed by atoms with Crippen LogP contribution < -0.4 is 5.73 Å². The van der Waals surface area contributed by atoms with Crippen LogP contribution in [-0.4, -0.2) is 15.7 Å². The third-order valence-corrected chi connectivity index (χ3v) is 2.22. The summed E-state index contributed by atoms with van der Waals surface area (Å²) < 4.78 is 5.03. The van der Waals surface area contributed by atoms with E-state index in [-0.39, 0.29) is 5.54 Å². The van der Waals surface area contributed by atoms with Crippen molar-refractivity contribution in [2.45, 2.75) is 38.1 Å². The lowest BCUT2D eigenvalue weighted by molar-refractivity contribution is 0.362. The second-order valence-electron chi connectivity index (χ2n) is 3.50. The van der Waals surface area contributed by atoms with E-state index in [1.54, 1.807) is 0 Å². The average molecular weight is 167 g/mol. The number of rotatable bonds is 3. The summed E-state index contributed by atoms with van der Waals surface area (Å²) in [5, 5.41) is 3.80. The van der Waals surface area contributed by atoms with Crippen molar-refractivity contribution in [1.82, 2.24) is 10.1 Å². The molecule has 1 aliphatic carbocycles. The molecular formula is C8H13N3O. The Kier molecular flexibility index (Phi) is 1.65. The van der Waals surface area contributed by atoms with Crippen LogP contribution in [0, 0.1) is 0 Å². The maximum absolute atomic E-state index is 5.90. The normalized spacial score (nSPS) is 19.5. The first kappa shape index (κ1) is 7.73. The third kappa shape index (κ3) is 1.48. The van der Waals surface area contributed by atoms with Crippen molar-refractivity contribution in [2.75, 3.05) is 0 Å². The van der Waals surface area contributed by atoms with Gasteiger partial charge in [-0.2, -0.15) is 4.98 Å². The zero-order valence-corrected chi connectivity index (χ0v) is 7.21. The zero-order chi connectivity index (χ0) is 8.60. The van der Waals surface area contributed by atoms with Gasteiger partial charge in [-0.1, -0.05) is 12.1 Å². The average Bonchev–Trinajstić information content (AvgIpc) is 2.63. The van der Waals surface area contributed by atoms with E-state index in [4.69, 9.17) is 10.3 Å². The standard InChI is InChI=1S/C8H13N3O/c1-2-6-10-7(12-11-6)5-8(9)3-4-8/h2-5,9H2,1H3. The molecule has 1 aliphatic rings. The van der Waals surface area contributed by atoms with Gasteiger partial charge in [0.1, 0.15) is 0 Å². The molecule has 0 spiro atoms. The van der Waals surface area contributed by atoms with Crippen LogP contribution in [0.5, 0.6) is 0 Å². The SMILES string of the molecule is CCc1noc(CC2(N)CC2)n1. The molecule has 1 heterocycles. The molecule has 0 saturated heterocycles. The Morgan fingerprint density at radius 2 is 2.33 bits per heavy atom. The summed E-state index contributed by atoms with van der Waals surface area (Å²) in [6.07, 6.45) is 3.72. The molecule has 1 saturated carbocycles. The maximum Gasteiger partial charge on any atom is 0.228 e. The molecule has 0 aliphatic heterocycles. The molecule has 0 radical (unpaired) electrons. The lowest BCUT2D eigenvalue weighted by atomic mass is 10.2. The first-order valence-electron chi connectivity index (χ1n) is 4.32. The smallest absolute Gasteiger partial charge is 0.228 e. The molecule has 4 nitrogen and oxygen atoms in total. The molecule has 1 fully saturated rings. The Labute approximate surface area is 71.1 Å². The van der Waals surface area contributed by atoms with Crippen LogP contribution >= 0.6 is 0 Å². The number of hydrogen-bond acceptors (Lipinski definition) is 4. The van der Waals surface area contributed by atoms with E-state index in [1.807, 2.05) is 6.92 Å². The molecule has 2 rings (SSSR count). The predicted molar refractivity (Wildman–Crippen MR) is 43.5 cm³/mol. The minimum Gasteiger partial charge on any atom is -0.339 e. The Bertz CT molecular complexity index is 278. The van der Waals surface area contributed by atoms with Crippen LogP contribution in [0.1, 0.15) is 31.5 Å². The first-order chi connectivity index (χ1) is 5.72.